The zero-order valence-corrected chi connectivity index (χ0v) is 12.8. The molecule has 1 amide bonds. The van der Waals surface area contributed by atoms with E-state index in [0.717, 1.165) is 5.39 Å². The molecule has 5 heteroatoms. The van der Waals surface area contributed by atoms with E-state index in [1.165, 1.54) is 6.26 Å². The van der Waals surface area contributed by atoms with Crippen LogP contribution in [-0.2, 0) is 0 Å². The summed E-state index contributed by atoms with van der Waals surface area (Å²) in [7, 11) is 0. The van der Waals surface area contributed by atoms with E-state index in [1.807, 2.05) is 45.0 Å². The Bertz CT molecular complexity index is 594. The first kappa shape index (κ1) is 16.5. The maximum atomic E-state index is 12.4. The molecule has 1 heterocycles. The Balaban J connectivity index is 0.00000200. The first-order valence-electron chi connectivity index (χ1n) is 6.47. The molecule has 110 valence electrons. The van der Waals surface area contributed by atoms with Crippen molar-refractivity contribution in [2.24, 2.45) is 11.7 Å². The van der Waals surface area contributed by atoms with Crippen LogP contribution in [0, 0.1) is 5.92 Å². The van der Waals surface area contributed by atoms with E-state index >= 15 is 0 Å². The Morgan fingerprint density at radius 3 is 2.65 bits per heavy atom. The van der Waals surface area contributed by atoms with Gasteiger partial charge in [-0.2, -0.15) is 0 Å². The quantitative estimate of drug-likeness (QED) is 0.911. The van der Waals surface area contributed by atoms with Crippen LogP contribution in [0.25, 0.3) is 11.0 Å². The fourth-order valence-electron chi connectivity index (χ4n) is 1.91. The normalized spacial score (nSPS) is 13.8. The van der Waals surface area contributed by atoms with Crippen LogP contribution in [0.3, 0.4) is 0 Å². The lowest BCUT2D eigenvalue weighted by Gasteiger charge is -2.33. The van der Waals surface area contributed by atoms with Crippen molar-refractivity contribution >= 4 is 29.3 Å². The molecule has 0 fully saturated rings. The highest BCUT2D eigenvalue weighted by molar-refractivity contribution is 6.06. The molecule has 1 aromatic carbocycles. The first-order valence-corrected chi connectivity index (χ1v) is 6.47. The lowest BCUT2D eigenvalue weighted by molar-refractivity contribution is 0.0884. The predicted molar refractivity (Wildman–Crippen MR) is 83.2 cm³/mol. The SMILES string of the molecule is CC(C)C(C)(CN)NC(=O)c1coc2ccccc12.Cl. The van der Waals surface area contributed by atoms with E-state index in [0.29, 0.717) is 17.7 Å². The number of carbonyl (C=O) groups is 1. The maximum Gasteiger partial charge on any atom is 0.255 e. The third-order valence-electron chi connectivity index (χ3n) is 3.82. The van der Waals surface area contributed by atoms with Gasteiger partial charge >= 0.3 is 0 Å². The van der Waals surface area contributed by atoms with Crippen molar-refractivity contribution in [2.45, 2.75) is 26.3 Å². The number of nitrogens with two attached hydrogens (primary N) is 1. The first-order chi connectivity index (χ1) is 8.98. The number of rotatable bonds is 4. The van der Waals surface area contributed by atoms with Gasteiger partial charge < -0.3 is 15.5 Å². The summed E-state index contributed by atoms with van der Waals surface area (Å²) in [5.41, 5.74) is 6.63. The topological polar surface area (TPSA) is 68.3 Å². The number of amides is 1. The molecule has 0 aliphatic carbocycles. The van der Waals surface area contributed by atoms with Crippen LogP contribution >= 0.6 is 12.4 Å². The maximum absolute atomic E-state index is 12.4. The molecule has 0 aliphatic rings. The fourth-order valence-corrected chi connectivity index (χ4v) is 1.91. The van der Waals surface area contributed by atoms with Crippen molar-refractivity contribution in [3.05, 3.63) is 36.1 Å². The molecule has 1 aromatic heterocycles. The van der Waals surface area contributed by atoms with Gasteiger partial charge in [0.05, 0.1) is 11.1 Å². The number of hydrogen-bond acceptors (Lipinski definition) is 3. The van der Waals surface area contributed by atoms with Crippen LogP contribution in [0.5, 0.6) is 0 Å². The van der Waals surface area contributed by atoms with Crippen molar-refractivity contribution in [3.63, 3.8) is 0 Å². The lowest BCUT2D eigenvalue weighted by atomic mass is 9.88. The molecule has 2 rings (SSSR count). The zero-order chi connectivity index (χ0) is 14.0. The van der Waals surface area contributed by atoms with E-state index in [-0.39, 0.29) is 24.2 Å². The van der Waals surface area contributed by atoms with Gasteiger partial charge in [0.1, 0.15) is 11.8 Å². The monoisotopic (exact) mass is 296 g/mol. The number of halogens is 1. The van der Waals surface area contributed by atoms with E-state index in [4.69, 9.17) is 10.2 Å². The molecule has 0 spiro atoms. The molecule has 2 aromatic rings. The largest absolute Gasteiger partial charge is 0.463 e. The minimum absolute atomic E-state index is 0. The number of furan rings is 1. The van der Waals surface area contributed by atoms with Crippen LogP contribution in [-0.4, -0.2) is 18.0 Å². The Kier molecular flexibility index (Phi) is 5.20. The van der Waals surface area contributed by atoms with Crippen molar-refractivity contribution < 1.29 is 9.21 Å². The lowest BCUT2D eigenvalue weighted by Crippen LogP contribution is -2.54. The molecule has 1 atom stereocenters. The van der Waals surface area contributed by atoms with E-state index in [1.54, 1.807) is 0 Å². The zero-order valence-electron chi connectivity index (χ0n) is 12.0. The number of nitrogens with one attached hydrogen (secondary N) is 1. The van der Waals surface area contributed by atoms with Gasteiger partial charge in [-0.3, -0.25) is 4.79 Å². The average Bonchev–Trinajstić information content (AvgIpc) is 2.82. The van der Waals surface area contributed by atoms with Gasteiger partial charge in [-0.25, -0.2) is 0 Å². The molecule has 0 aliphatic heterocycles. The molecule has 1 unspecified atom stereocenters. The molecular formula is C15H21ClN2O2. The highest BCUT2D eigenvalue weighted by atomic mass is 35.5. The minimum Gasteiger partial charge on any atom is -0.463 e. The third kappa shape index (κ3) is 2.97. The Morgan fingerprint density at radius 2 is 2.05 bits per heavy atom. The summed E-state index contributed by atoms with van der Waals surface area (Å²) < 4.78 is 5.39. The van der Waals surface area contributed by atoms with E-state index in [9.17, 15) is 4.79 Å². The molecular weight excluding hydrogens is 276 g/mol. The summed E-state index contributed by atoms with van der Waals surface area (Å²) in [5.74, 6) is 0.103. The van der Waals surface area contributed by atoms with Crippen molar-refractivity contribution in [2.75, 3.05) is 6.54 Å². The molecule has 3 N–H and O–H groups in total. The summed E-state index contributed by atoms with van der Waals surface area (Å²) >= 11 is 0. The second kappa shape index (κ2) is 6.29. The molecule has 0 saturated carbocycles. The second-order valence-corrected chi connectivity index (χ2v) is 5.38. The minimum atomic E-state index is -0.421. The average molecular weight is 297 g/mol. The van der Waals surface area contributed by atoms with Crippen molar-refractivity contribution in [1.29, 1.82) is 0 Å². The van der Waals surface area contributed by atoms with Gasteiger partial charge in [0.25, 0.3) is 5.91 Å². The molecule has 4 nitrogen and oxygen atoms in total. The van der Waals surface area contributed by atoms with Crippen molar-refractivity contribution in [1.82, 2.24) is 5.32 Å². The Morgan fingerprint density at radius 1 is 1.40 bits per heavy atom. The van der Waals surface area contributed by atoms with E-state index in [2.05, 4.69) is 5.32 Å². The number of para-hydroxylation sites is 1. The van der Waals surface area contributed by atoms with Gasteiger partial charge in [0.15, 0.2) is 0 Å². The van der Waals surface area contributed by atoms with Crippen LogP contribution in [0.1, 0.15) is 31.1 Å². The number of benzene rings is 1. The molecule has 0 radical (unpaired) electrons. The highest BCUT2D eigenvalue weighted by Gasteiger charge is 2.29. The summed E-state index contributed by atoms with van der Waals surface area (Å²) in [4.78, 5) is 12.4. The van der Waals surface area contributed by atoms with Crippen LogP contribution in [0.15, 0.2) is 34.9 Å². The molecule has 0 bridgehead atoms. The highest BCUT2D eigenvalue weighted by Crippen LogP contribution is 2.22. The van der Waals surface area contributed by atoms with Gasteiger partial charge in [-0.1, -0.05) is 32.0 Å². The standard InChI is InChI=1S/C15H20N2O2.ClH/c1-10(2)15(3,9-16)17-14(18)12-8-19-13-7-5-4-6-11(12)13;/h4-8,10H,9,16H2,1-3H3,(H,17,18);1H. The second-order valence-electron chi connectivity index (χ2n) is 5.38. The summed E-state index contributed by atoms with van der Waals surface area (Å²) in [6.45, 7) is 6.44. The molecule has 20 heavy (non-hydrogen) atoms. The third-order valence-corrected chi connectivity index (χ3v) is 3.82. The molecule has 0 saturated heterocycles. The van der Waals surface area contributed by atoms with Gasteiger partial charge in [0, 0.05) is 11.9 Å². The number of hydrogen-bond donors (Lipinski definition) is 2. The summed E-state index contributed by atoms with van der Waals surface area (Å²) in [6.07, 6.45) is 1.50. The van der Waals surface area contributed by atoms with Crippen molar-refractivity contribution in [3.8, 4) is 0 Å². The van der Waals surface area contributed by atoms with E-state index < -0.39 is 5.54 Å². The Labute approximate surface area is 125 Å². The predicted octanol–water partition coefficient (Wildman–Crippen LogP) is 2.96. The van der Waals surface area contributed by atoms with Crippen LogP contribution < -0.4 is 11.1 Å². The van der Waals surface area contributed by atoms with Crippen LogP contribution in [0.4, 0.5) is 0 Å². The summed E-state index contributed by atoms with van der Waals surface area (Å²) in [5, 5.41) is 3.84. The van der Waals surface area contributed by atoms with Crippen LogP contribution in [0.2, 0.25) is 0 Å². The smallest absolute Gasteiger partial charge is 0.255 e. The van der Waals surface area contributed by atoms with Gasteiger partial charge in [-0.15, -0.1) is 12.4 Å². The van der Waals surface area contributed by atoms with Gasteiger partial charge in [0.2, 0.25) is 0 Å². The fraction of sp³-hybridized carbons (Fsp3) is 0.400. The van der Waals surface area contributed by atoms with Gasteiger partial charge in [-0.05, 0) is 18.9 Å². The Hall–Kier alpha value is -1.52. The summed E-state index contributed by atoms with van der Waals surface area (Å²) in [6, 6.07) is 7.49. The number of carbonyl (C=O) groups excluding carboxylic acids is 1. The number of fused-ring (bicyclic) bond motifs is 1.